The number of nitrogens with two attached hydrogens (primary N) is 1. The summed E-state index contributed by atoms with van der Waals surface area (Å²) in [5, 5.41) is -0.360. The topological polar surface area (TPSA) is 80.0 Å². The normalized spacial score (nSPS) is 31.1. The first-order valence-corrected chi connectivity index (χ1v) is 9.34. The van der Waals surface area contributed by atoms with Crippen molar-refractivity contribution in [3.05, 3.63) is 0 Å². The molecule has 1 saturated heterocycles. The Morgan fingerprint density at radius 3 is 2.22 bits per heavy atom. The van der Waals surface area contributed by atoms with Gasteiger partial charge in [-0.2, -0.15) is 0 Å². The summed E-state index contributed by atoms with van der Waals surface area (Å²) in [6.07, 6.45) is 2.97. The van der Waals surface area contributed by atoms with Crippen LogP contribution in [0.2, 0.25) is 0 Å². The smallest absolute Gasteiger partial charge is 0.302 e. The summed E-state index contributed by atoms with van der Waals surface area (Å²) < 4.78 is 22.9. The van der Waals surface area contributed by atoms with Crippen molar-refractivity contribution in [2.75, 3.05) is 19.8 Å². The molecule has 23 heavy (non-hydrogen) atoms. The lowest BCUT2D eigenvalue weighted by molar-refractivity contribution is -0.204. The van der Waals surface area contributed by atoms with Crippen molar-refractivity contribution in [3.63, 3.8) is 0 Å². The predicted molar refractivity (Wildman–Crippen MR) is 91.5 cm³/mol. The molecule has 1 rings (SSSR count). The zero-order chi connectivity index (χ0) is 17.2. The van der Waals surface area contributed by atoms with E-state index in [4.69, 9.17) is 24.7 Å². The van der Waals surface area contributed by atoms with Crippen LogP contribution < -0.4 is 5.73 Å². The van der Waals surface area contributed by atoms with Crippen LogP contribution in [0.25, 0.3) is 0 Å². The average molecular weight is 396 g/mol. The van der Waals surface area contributed by atoms with E-state index in [0.717, 1.165) is 25.7 Å². The fourth-order valence-corrected chi connectivity index (χ4v) is 2.96. The van der Waals surface area contributed by atoms with Crippen LogP contribution in [0, 0.1) is 0 Å². The van der Waals surface area contributed by atoms with Crippen LogP contribution >= 0.6 is 15.9 Å². The van der Waals surface area contributed by atoms with Crippen molar-refractivity contribution in [2.24, 2.45) is 5.73 Å². The Balaban J connectivity index is 2.76. The average Bonchev–Trinajstić information content (AvgIpc) is 2.51. The molecule has 0 bridgehead atoms. The van der Waals surface area contributed by atoms with Gasteiger partial charge in [0.15, 0.2) is 0 Å². The molecule has 1 aliphatic rings. The molecular formula is C16H30BrNO5. The summed E-state index contributed by atoms with van der Waals surface area (Å²) in [5.74, 6) is -0.342. The van der Waals surface area contributed by atoms with Crippen molar-refractivity contribution in [3.8, 4) is 0 Å². The number of esters is 1. The molecule has 0 amide bonds. The third kappa shape index (κ3) is 7.05. The molecule has 136 valence electrons. The van der Waals surface area contributed by atoms with Gasteiger partial charge >= 0.3 is 5.97 Å². The van der Waals surface area contributed by atoms with Gasteiger partial charge in [-0.25, -0.2) is 0 Å². The van der Waals surface area contributed by atoms with Gasteiger partial charge in [-0.05, 0) is 12.8 Å². The molecule has 1 fully saturated rings. The molecule has 3 unspecified atom stereocenters. The van der Waals surface area contributed by atoms with E-state index in [2.05, 4.69) is 29.8 Å². The van der Waals surface area contributed by atoms with Crippen LogP contribution in [-0.2, 0) is 23.7 Å². The maximum absolute atomic E-state index is 11.1. The fourth-order valence-electron chi connectivity index (χ4n) is 2.38. The number of rotatable bonds is 10. The summed E-state index contributed by atoms with van der Waals surface area (Å²) in [5.41, 5.74) is 6.23. The molecule has 0 saturated carbocycles. The van der Waals surface area contributed by atoms with Gasteiger partial charge in [0.25, 0.3) is 0 Å². The van der Waals surface area contributed by atoms with Gasteiger partial charge in [-0.3, -0.25) is 4.79 Å². The lowest BCUT2D eigenvalue weighted by Crippen LogP contribution is -2.62. The van der Waals surface area contributed by atoms with Crippen LogP contribution in [-0.4, -0.2) is 55.2 Å². The molecule has 7 heteroatoms. The molecular weight excluding hydrogens is 366 g/mol. The number of alkyl halides is 1. The van der Waals surface area contributed by atoms with Crippen LogP contribution in [0.1, 0.15) is 46.5 Å². The van der Waals surface area contributed by atoms with E-state index in [9.17, 15) is 4.79 Å². The molecule has 6 nitrogen and oxygen atoms in total. The molecule has 2 N–H and O–H groups in total. The summed E-state index contributed by atoms with van der Waals surface area (Å²) in [4.78, 5) is 11.1. The zero-order valence-electron chi connectivity index (χ0n) is 14.3. The van der Waals surface area contributed by atoms with Crippen molar-refractivity contribution >= 4 is 21.9 Å². The van der Waals surface area contributed by atoms with Crippen molar-refractivity contribution in [1.82, 2.24) is 0 Å². The van der Waals surface area contributed by atoms with Crippen molar-refractivity contribution < 1.29 is 23.7 Å². The van der Waals surface area contributed by atoms with E-state index in [1.54, 1.807) is 0 Å². The molecule has 0 spiro atoms. The fraction of sp³-hybridized carbons (Fsp3) is 0.938. The predicted octanol–water partition coefficient (Wildman–Crippen LogP) is 2.37. The highest BCUT2D eigenvalue weighted by Crippen LogP contribution is 2.28. The van der Waals surface area contributed by atoms with Gasteiger partial charge in [0.2, 0.25) is 0 Å². The van der Waals surface area contributed by atoms with Gasteiger partial charge < -0.3 is 24.7 Å². The second-order valence-electron chi connectivity index (χ2n) is 5.78. The summed E-state index contributed by atoms with van der Waals surface area (Å²) in [6.45, 7) is 6.96. The van der Waals surface area contributed by atoms with Crippen LogP contribution in [0.15, 0.2) is 0 Å². The Bertz CT molecular complexity index is 344. The Morgan fingerprint density at radius 2 is 1.70 bits per heavy atom. The summed E-state index contributed by atoms with van der Waals surface area (Å²) in [6, 6.07) is -0.341. The molecule has 0 aromatic carbocycles. The SMILES string of the molecule is CCCCOC1C(N)[C@@H](Br)OC(COC(C)=O)[C@H]1OCCCC. The third-order valence-corrected chi connectivity index (χ3v) is 4.57. The molecule has 0 aliphatic carbocycles. The number of carbonyl (C=O) groups is 1. The Kier molecular flexibility index (Phi) is 10.3. The monoisotopic (exact) mass is 395 g/mol. The van der Waals surface area contributed by atoms with Crippen LogP contribution in [0.3, 0.4) is 0 Å². The molecule has 1 heterocycles. The van der Waals surface area contributed by atoms with Crippen LogP contribution in [0.5, 0.6) is 0 Å². The van der Waals surface area contributed by atoms with Gasteiger partial charge in [0.1, 0.15) is 29.9 Å². The Labute approximate surface area is 147 Å². The van der Waals surface area contributed by atoms with Crippen LogP contribution in [0.4, 0.5) is 0 Å². The highest BCUT2D eigenvalue weighted by molar-refractivity contribution is 9.09. The second-order valence-corrected chi connectivity index (χ2v) is 6.69. The quantitative estimate of drug-likeness (QED) is 0.347. The van der Waals surface area contributed by atoms with E-state index in [-0.39, 0.29) is 35.8 Å². The molecule has 0 radical (unpaired) electrons. The lowest BCUT2D eigenvalue weighted by Gasteiger charge is -2.43. The largest absolute Gasteiger partial charge is 0.463 e. The molecule has 5 atom stereocenters. The van der Waals surface area contributed by atoms with Gasteiger partial charge in [0, 0.05) is 20.1 Å². The Hall–Kier alpha value is -0.210. The number of hydrogen-bond donors (Lipinski definition) is 1. The maximum Gasteiger partial charge on any atom is 0.302 e. The first-order valence-electron chi connectivity index (χ1n) is 8.42. The van der Waals surface area contributed by atoms with E-state index in [1.807, 2.05) is 0 Å². The summed E-state index contributed by atoms with van der Waals surface area (Å²) >= 11 is 3.44. The second kappa shape index (κ2) is 11.4. The molecule has 0 aromatic heterocycles. The van der Waals surface area contributed by atoms with Gasteiger partial charge in [-0.15, -0.1) is 0 Å². The van der Waals surface area contributed by atoms with Gasteiger partial charge in [-0.1, -0.05) is 42.6 Å². The maximum atomic E-state index is 11.1. The first-order chi connectivity index (χ1) is 11.0. The number of carbonyl (C=O) groups excluding carboxylic acids is 1. The standard InChI is InChI=1S/C16H30BrNO5/c1-4-6-8-20-14-12(10-22-11(3)19)23-16(17)13(18)15(14)21-9-7-5-2/h12-16H,4-10,18H2,1-3H3/t12?,13?,14-,15?,16+/m1/s1. The molecule has 1 aliphatic heterocycles. The number of hydrogen-bond acceptors (Lipinski definition) is 6. The number of unbranched alkanes of at least 4 members (excludes halogenated alkanes) is 2. The highest BCUT2D eigenvalue weighted by Gasteiger charge is 2.45. The molecule has 0 aromatic rings. The van der Waals surface area contributed by atoms with Crippen molar-refractivity contribution in [2.45, 2.75) is 75.8 Å². The number of ether oxygens (including phenoxy) is 4. The van der Waals surface area contributed by atoms with Gasteiger partial charge in [0.05, 0.1) is 6.04 Å². The van der Waals surface area contributed by atoms with E-state index < -0.39 is 6.10 Å². The minimum absolute atomic E-state index is 0.134. The van der Waals surface area contributed by atoms with E-state index in [0.29, 0.717) is 13.2 Å². The van der Waals surface area contributed by atoms with Crippen molar-refractivity contribution in [1.29, 1.82) is 0 Å². The first kappa shape index (κ1) is 20.8. The van der Waals surface area contributed by atoms with E-state index >= 15 is 0 Å². The zero-order valence-corrected chi connectivity index (χ0v) is 15.9. The highest BCUT2D eigenvalue weighted by atomic mass is 79.9. The minimum Gasteiger partial charge on any atom is -0.463 e. The third-order valence-electron chi connectivity index (χ3n) is 3.74. The minimum atomic E-state index is -0.397. The van der Waals surface area contributed by atoms with E-state index in [1.165, 1.54) is 6.92 Å². The number of halogens is 1. The lowest BCUT2D eigenvalue weighted by atomic mass is 9.98. The Morgan fingerprint density at radius 1 is 1.13 bits per heavy atom. The summed E-state index contributed by atoms with van der Waals surface area (Å²) in [7, 11) is 0.